The molecule has 7 nitrogen and oxygen atoms in total. The molecule has 186 valence electrons. The van der Waals surface area contributed by atoms with Crippen molar-refractivity contribution in [1.29, 1.82) is 0 Å². The van der Waals surface area contributed by atoms with Crippen molar-refractivity contribution in [3.8, 4) is 0 Å². The minimum absolute atomic E-state index is 0.0193. The number of piperazine rings is 1. The number of amides is 1. The van der Waals surface area contributed by atoms with E-state index in [1.165, 1.54) is 19.3 Å². The SMILES string of the molecule is C[C@H]1CN(C2(CNC(=O)c3cn(C4=N/C=C\C=C/CC4)c4nccc(Cl)c34)CCCCC2)CCN1. The monoisotopic (exact) mass is 494 g/mol. The molecule has 0 spiro atoms. The fraction of sp³-hybridized carbons (Fsp3) is 0.519. The average Bonchev–Trinajstić information content (AvgIpc) is 3.24. The first kappa shape index (κ1) is 24.2. The predicted molar refractivity (Wildman–Crippen MR) is 142 cm³/mol. The Balaban J connectivity index is 1.43. The normalized spacial score (nSPS) is 24.9. The van der Waals surface area contributed by atoms with Crippen molar-refractivity contribution in [1.82, 2.24) is 25.1 Å². The third kappa shape index (κ3) is 5.08. The zero-order chi connectivity index (χ0) is 24.3. The van der Waals surface area contributed by atoms with Gasteiger partial charge in [-0.15, -0.1) is 0 Å². The summed E-state index contributed by atoms with van der Waals surface area (Å²) in [7, 11) is 0. The number of fused-ring (bicyclic) bond motifs is 1. The van der Waals surface area contributed by atoms with Gasteiger partial charge in [0.1, 0.15) is 11.5 Å². The van der Waals surface area contributed by atoms with E-state index >= 15 is 0 Å². The highest BCUT2D eigenvalue weighted by molar-refractivity contribution is 6.36. The molecule has 1 saturated heterocycles. The molecular weight excluding hydrogens is 460 g/mol. The van der Waals surface area contributed by atoms with E-state index in [9.17, 15) is 4.79 Å². The highest BCUT2D eigenvalue weighted by Gasteiger charge is 2.40. The van der Waals surface area contributed by atoms with E-state index in [4.69, 9.17) is 11.6 Å². The van der Waals surface area contributed by atoms with Crippen molar-refractivity contribution in [2.24, 2.45) is 4.99 Å². The van der Waals surface area contributed by atoms with Gasteiger partial charge in [-0.05, 0) is 38.3 Å². The molecule has 8 heteroatoms. The van der Waals surface area contributed by atoms with Crippen LogP contribution in [0.1, 0.15) is 62.2 Å². The van der Waals surface area contributed by atoms with E-state index < -0.39 is 0 Å². The fourth-order valence-electron chi connectivity index (χ4n) is 5.81. The highest BCUT2D eigenvalue weighted by Crippen LogP contribution is 2.34. The number of pyridine rings is 1. The van der Waals surface area contributed by atoms with Gasteiger partial charge in [0.25, 0.3) is 5.91 Å². The second-order valence-electron chi connectivity index (χ2n) is 10.0. The predicted octanol–water partition coefficient (Wildman–Crippen LogP) is 4.53. The number of nitrogens with zero attached hydrogens (tertiary/aromatic N) is 4. The summed E-state index contributed by atoms with van der Waals surface area (Å²) >= 11 is 6.62. The number of allylic oxidation sites excluding steroid dienone is 3. The molecule has 5 rings (SSSR count). The Hall–Kier alpha value is -2.48. The lowest BCUT2D eigenvalue weighted by atomic mass is 9.79. The van der Waals surface area contributed by atoms with E-state index in [0.29, 0.717) is 34.2 Å². The number of carbonyl (C=O) groups excluding carboxylic acids is 1. The lowest BCUT2D eigenvalue weighted by molar-refractivity contribution is 0.0273. The van der Waals surface area contributed by atoms with Crippen molar-refractivity contribution >= 4 is 34.4 Å². The minimum atomic E-state index is -0.0985. The summed E-state index contributed by atoms with van der Waals surface area (Å²) in [5.41, 5.74) is 1.25. The van der Waals surface area contributed by atoms with Gasteiger partial charge in [-0.1, -0.05) is 43.0 Å². The number of halogens is 1. The van der Waals surface area contributed by atoms with Gasteiger partial charge < -0.3 is 10.6 Å². The van der Waals surface area contributed by atoms with Gasteiger partial charge in [0, 0.05) is 62.8 Å². The van der Waals surface area contributed by atoms with Crippen LogP contribution >= 0.6 is 11.6 Å². The van der Waals surface area contributed by atoms with Crippen LogP contribution in [0, 0.1) is 0 Å². The van der Waals surface area contributed by atoms with Gasteiger partial charge in [-0.2, -0.15) is 0 Å². The maximum Gasteiger partial charge on any atom is 0.253 e. The van der Waals surface area contributed by atoms with Crippen LogP contribution in [-0.2, 0) is 0 Å². The molecule has 2 aromatic rings. The number of hydrogen-bond donors (Lipinski definition) is 2. The third-order valence-electron chi connectivity index (χ3n) is 7.65. The third-order valence-corrected chi connectivity index (χ3v) is 7.97. The van der Waals surface area contributed by atoms with Gasteiger partial charge in [-0.25, -0.2) is 9.98 Å². The van der Waals surface area contributed by atoms with Crippen LogP contribution in [0.2, 0.25) is 5.02 Å². The number of nitrogens with one attached hydrogen (secondary N) is 2. The van der Waals surface area contributed by atoms with Crippen LogP contribution in [0.15, 0.2) is 47.9 Å². The zero-order valence-electron chi connectivity index (χ0n) is 20.5. The average molecular weight is 495 g/mol. The molecule has 3 aliphatic rings. The van der Waals surface area contributed by atoms with Crippen molar-refractivity contribution in [3.05, 3.63) is 53.5 Å². The summed E-state index contributed by atoms with van der Waals surface area (Å²) in [6, 6.07) is 2.22. The number of aliphatic imine (C=N–C) groups is 1. The Morgan fingerprint density at radius 2 is 2.14 bits per heavy atom. The highest BCUT2D eigenvalue weighted by atomic mass is 35.5. The molecule has 2 N–H and O–H groups in total. The van der Waals surface area contributed by atoms with E-state index in [2.05, 4.69) is 38.5 Å². The molecule has 35 heavy (non-hydrogen) atoms. The Morgan fingerprint density at radius 3 is 2.97 bits per heavy atom. The maximum atomic E-state index is 13.7. The molecule has 0 aromatic carbocycles. The molecule has 1 saturated carbocycles. The lowest BCUT2D eigenvalue weighted by Gasteiger charge is -2.49. The summed E-state index contributed by atoms with van der Waals surface area (Å²) in [4.78, 5) is 25.5. The van der Waals surface area contributed by atoms with Crippen molar-refractivity contribution in [2.75, 3.05) is 26.2 Å². The molecule has 1 aliphatic carbocycles. The van der Waals surface area contributed by atoms with Crippen LogP contribution in [0.3, 0.4) is 0 Å². The van der Waals surface area contributed by atoms with Crippen LogP contribution in [0.25, 0.3) is 11.0 Å². The quantitative estimate of drug-likeness (QED) is 0.655. The first-order valence-electron chi connectivity index (χ1n) is 12.9. The van der Waals surface area contributed by atoms with Gasteiger partial charge in [0.15, 0.2) is 0 Å². The summed E-state index contributed by atoms with van der Waals surface area (Å²) in [6.45, 7) is 5.94. The largest absolute Gasteiger partial charge is 0.350 e. The summed E-state index contributed by atoms with van der Waals surface area (Å²) < 4.78 is 1.92. The molecule has 1 atom stereocenters. The number of rotatable bonds is 4. The van der Waals surface area contributed by atoms with Crippen LogP contribution in [0.5, 0.6) is 0 Å². The fourth-order valence-corrected chi connectivity index (χ4v) is 6.06. The van der Waals surface area contributed by atoms with Crippen LogP contribution in [-0.4, -0.2) is 64.0 Å². The second-order valence-corrected chi connectivity index (χ2v) is 10.4. The summed E-state index contributed by atoms with van der Waals surface area (Å²) in [5, 5.41) is 8.08. The molecule has 2 fully saturated rings. The van der Waals surface area contributed by atoms with E-state index in [-0.39, 0.29) is 11.4 Å². The van der Waals surface area contributed by atoms with Crippen molar-refractivity contribution in [3.63, 3.8) is 0 Å². The van der Waals surface area contributed by atoms with Gasteiger partial charge in [-0.3, -0.25) is 14.3 Å². The molecule has 1 amide bonds. The summed E-state index contributed by atoms with van der Waals surface area (Å²) in [5.74, 6) is 0.752. The Bertz CT molecular complexity index is 1160. The molecule has 0 radical (unpaired) electrons. The van der Waals surface area contributed by atoms with Crippen LogP contribution in [0.4, 0.5) is 0 Å². The van der Waals surface area contributed by atoms with Gasteiger partial charge >= 0.3 is 0 Å². The van der Waals surface area contributed by atoms with Gasteiger partial charge in [0.2, 0.25) is 0 Å². The van der Waals surface area contributed by atoms with E-state index in [1.807, 2.05) is 22.9 Å². The Morgan fingerprint density at radius 1 is 1.29 bits per heavy atom. The smallest absolute Gasteiger partial charge is 0.253 e. The van der Waals surface area contributed by atoms with Gasteiger partial charge in [0.05, 0.1) is 16.0 Å². The summed E-state index contributed by atoms with van der Waals surface area (Å²) in [6.07, 6.45) is 18.9. The number of carbonyl (C=O) groups is 1. The van der Waals surface area contributed by atoms with E-state index in [1.54, 1.807) is 18.5 Å². The van der Waals surface area contributed by atoms with Crippen LogP contribution < -0.4 is 10.6 Å². The number of hydrogen-bond acceptors (Lipinski definition) is 5. The maximum absolute atomic E-state index is 13.7. The molecule has 4 heterocycles. The molecule has 0 unspecified atom stereocenters. The second kappa shape index (κ2) is 10.6. The topological polar surface area (TPSA) is 74.5 Å². The molecule has 2 aliphatic heterocycles. The molecule has 0 bridgehead atoms. The standard InChI is InChI=1S/C27H35ClN6O/c1-20-17-33(16-15-29-20)27(11-6-4-7-12-27)19-32-26(35)21-18-34(23-9-5-2-3-8-13-30-23)25-24(21)22(28)10-14-31-25/h2-3,8,10,13-14,18,20,29H,4-7,9,11-12,15-17,19H2,1H3,(H,32,35)/b3-2-,13-8-,30-23?/t20-/m0/s1. The Kier molecular flexibility index (Phi) is 7.37. The molecule has 2 aromatic heterocycles. The van der Waals surface area contributed by atoms with Crippen molar-refractivity contribution in [2.45, 2.75) is 63.5 Å². The Labute approximate surface area is 212 Å². The van der Waals surface area contributed by atoms with E-state index in [0.717, 1.165) is 51.2 Å². The first-order valence-corrected chi connectivity index (χ1v) is 13.3. The van der Waals surface area contributed by atoms with Crippen molar-refractivity contribution < 1.29 is 4.79 Å². The first-order chi connectivity index (χ1) is 17.1. The number of aromatic nitrogens is 2. The molecular formula is C27H35ClN6O. The lowest BCUT2D eigenvalue weighted by Crippen LogP contribution is -2.63. The zero-order valence-corrected chi connectivity index (χ0v) is 21.2. The minimum Gasteiger partial charge on any atom is -0.350 e.